The summed E-state index contributed by atoms with van der Waals surface area (Å²) in [4.78, 5) is 9.27. The molecule has 6 nitrogen and oxygen atoms in total. The molecule has 0 radical (unpaired) electrons. The molecule has 2 atom stereocenters. The summed E-state index contributed by atoms with van der Waals surface area (Å²) in [5.74, 6) is 0. The minimum atomic E-state index is 0.0657. The van der Waals surface area contributed by atoms with Gasteiger partial charge in [-0.05, 0) is 56.2 Å². The Balaban J connectivity index is 1.53. The van der Waals surface area contributed by atoms with Crippen LogP contribution in [-0.2, 0) is 11.3 Å². The predicted molar refractivity (Wildman–Crippen MR) is 119 cm³/mol. The lowest BCUT2D eigenvalue weighted by molar-refractivity contribution is 0.0369. The highest BCUT2D eigenvalue weighted by Gasteiger charge is 2.39. The van der Waals surface area contributed by atoms with Crippen molar-refractivity contribution in [2.45, 2.75) is 38.9 Å². The first-order valence-electron chi connectivity index (χ1n) is 10.5. The zero-order valence-electron chi connectivity index (χ0n) is 17.6. The maximum atomic E-state index is 5.59. The van der Waals surface area contributed by atoms with Gasteiger partial charge in [-0.3, -0.25) is 9.88 Å². The van der Waals surface area contributed by atoms with Gasteiger partial charge in [0.25, 0.3) is 0 Å². The maximum Gasteiger partial charge on any atom is 0.169 e. The van der Waals surface area contributed by atoms with Crippen LogP contribution in [0.2, 0.25) is 0 Å². The van der Waals surface area contributed by atoms with Crippen molar-refractivity contribution in [3.8, 4) is 0 Å². The van der Waals surface area contributed by atoms with Crippen LogP contribution in [0.1, 0.15) is 41.1 Å². The van der Waals surface area contributed by atoms with Crippen molar-refractivity contribution in [1.29, 1.82) is 0 Å². The minimum absolute atomic E-state index is 0.0657. The molecule has 29 heavy (non-hydrogen) atoms. The summed E-state index contributed by atoms with van der Waals surface area (Å²) in [7, 11) is 2.08. The van der Waals surface area contributed by atoms with Crippen molar-refractivity contribution in [2.75, 3.05) is 39.9 Å². The number of thiocarbonyl (C=S) groups is 1. The van der Waals surface area contributed by atoms with E-state index in [1.807, 2.05) is 18.3 Å². The first-order chi connectivity index (χ1) is 14.1. The fraction of sp³-hybridized carbons (Fsp3) is 0.545. The fourth-order valence-corrected chi connectivity index (χ4v) is 4.84. The Morgan fingerprint density at radius 3 is 2.72 bits per heavy atom. The Hall–Kier alpha value is -1.96. The lowest BCUT2D eigenvalue weighted by Gasteiger charge is -2.27. The van der Waals surface area contributed by atoms with Gasteiger partial charge in [0.2, 0.25) is 0 Å². The highest BCUT2D eigenvalue weighted by molar-refractivity contribution is 7.80. The van der Waals surface area contributed by atoms with Crippen LogP contribution < -0.4 is 5.32 Å². The molecule has 1 N–H and O–H groups in total. The van der Waals surface area contributed by atoms with Crippen molar-refractivity contribution < 1.29 is 4.74 Å². The van der Waals surface area contributed by atoms with Crippen molar-refractivity contribution in [2.24, 2.45) is 0 Å². The topological polar surface area (TPSA) is 45.6 Å². The number of nitrogens with zero attached hydrogens (tertiary/aromatic N) is 4. The zero-order valence-corrected chi connectivity index (χ0v) is 18.4. The number of pyridine rings is 1. The van der Waals surface area contributed by atoms with Crippen LogP contribution in [0.5, 0.6) is 0 Å². The van der Waals surface area contributed by atoms with Gasteiger partial charge in [-0.2, -0.15) is 0 Å². The molecule has 2 aliphatic rings. The Morgan fingerprint density at radius 1 is 1.21 bits per heavy atom. The number of aromatic nitrogens is 2. The SMILES string of the molecule is Cc1cc(C2C(c3ccccn3)NC(=S)N2C)c(C)n1CCCN1CCOCC1. The third-order valence-corrected chi connectivity index (χ3v) is 6.64. The van der Waals surface area contributed by atoms with Crippen molar-refractivity contribution in [1.82, 2.24) is 24.7 Å². The van der Waals surface area contributed by atoms with Crippen LogP contribution in [0.4, 0.5) is 0 Å². The molecule has 0 amide bonds. The normalized spacial score (nSPS) is 22.9. The van der Waals surface area contributed by atoms with Gasteiger partial charge in [-0.1, -0.05) is 6.07 Å². The number of ether oxygens (including phenoxy) is 1. The van der Waals surface area contributed by atoms with Gasteiger partial charge < -0.3 is 19.5 Å². The summed E-state index contributed by atoms with van der Waals surface area (Å²) in [5, 5.41) is 4.26. The molecule has 2 saturated heterocycles. The van der Waals surface area contributed by atoms with Gasteiger partial charge in [0.05, 0.1) is 31.0 Å². The van der Waals surface area contributed by atoms with E-state index in [1.165, 1.54) is 17.0 Å². The molecule has 7 heteroatoms. The van der Waals surface area contributed by atoms with Crippen molar-refractivity contribution in [3.63, 3.8) is 0 Å². The standard InChI is InChI=1S/C22H31N5OS/c1-16-15-18(17(2)27(16)10-6-9-26-11-13-28-14-12-26)21-20(24-22(29)25(21)3)19-7-4-5-8-23-19/h4-5,7-8,15,20-21H,6,9-14H2,1-3H3,(H,24,29). The summed E-state index contributed by atoms with van der Waals surface area (Å²) < 4.78 is 7.91. The third kappa shape index (κ3) is 4.17. The van der Waals surface area contributed by atoms with Gasteiger partial charge in [0.15, 0.2) is 5.11 Å². The number of hydrogen-bond acceptors (Lipinski definition) is 4. The van der Waals surface area contributed by atoms with Gasteiger partial charge in [0, 0.05) is 50.8 Å². The van der Waals surface area contributed by atoms with Crippen LogP contribution in [0, 0.1) is 13.8 Å². The van der Waals surface area contributed by atoms with E-state index in [1.54, 1.807) is 0 Å². The molecule has 2 aromatic rings. The average Bonchev–Trinajstić information content (AvgIpc) is 3.19. The Morgan fingerprint density at radius 2 is 2.00 bits per heavy atom. The number of morpholine rings is 1. The molecule has 4 heterocycles. The minimum Gasteiger partial charge on any atom is -0.379 e. The quantitative estimate of drug-likeness (QED) is 0.735. The zero-order chi connectivity index (χ0) is 20.4. The second-order valence-corrected chi connectivity index (χ2v) is 8.41. The summed E-state index contributed by atoms with van der Waals surface area (Å²) >= 11 is 5.59. The van der Waals surface area contributed by atoms with Crippen LogP contribution in [0.3, 0.4) is 0 Å². The Kier molecular flexibility index (Phi) is 6.18. The van der Waals surface area contributed by atoms with E-state index < -0.39 is 0 Å². The monoisotopic (exact) mass is 413 g/mol. The number of rotatable bonds is 6. The van der Waals surface area contributed by atoms with Crippen LogP contribution in [0.25, 0.3) is 0 Å². The van der Waals surface area contributed by atoms with E-state index in [0.717, 1.165) is 56.6 Å². The predicted octanol–water partition coefficient (Wildman–Crippen LogP) is 2.82. The van der Waals surface area contributed by atoms with Gasteiger partial charge >= 0.3 is 0 Å². The maximum absolute atomic E-state index is 5.59. The number of hydrogen-bond donors (Lipinski definition) is 1. The smallest absolute Gasteiger partial charge is 0.169 e. The molecule has 156 valence electrons. The van der Waals surface area contributed by atoms with Crippen molar-refractivity contribution in [3.05, 3.63) is 53.1 Å². The Labute approximate surface area is 178 Å². The van der Waals surface area contributed by atoms with E-state index in [4.69, 9.17) is 17.0 Å². The second kappa shape index (κ2) is 8.81. The highest BCUT2D eigenvalue weighted by atomic mass is 32.1. The summed E-state index contributed by atoms with van der Waals surface area (Å²) in [5.41, 5.74) is 5.00. The van der Waals surface area contributed by atoms with Crippen LogP contribution >= 0.6 is 12.2 Å². The van der Waals surface area contributed by atoms with Crippen LogP contribution in [-0.4, -0.2) is 64.4 Å². The summed E-state index contributed by atoms with van der Waals surface area (Å²) in [6, 6.07) is 8.62. The Bertz CT molecular complexity index is 846. The molecule has 4 rings (SSSR count). The van der Waals surface area contributed by atoms with Crippen LogP contribution in [0.15, 0.2) is 30.5 Å². The summed E-state index contributed by atoms with van der Waals surface area (Å²) in [6.07, 6.45) is 3.00. The van der Waals surface area contributed by atoms with E-state index in [0.29, 0.717) is 0 Å². The van der Waals surface area contributed by atoms with E-state index >= 15 is 0 Å². The molecular weight excluding hydrogens is 382 g/mol. The summed E-state index contributed by atoms with van der Waals surface area (Å²) in [6.45, 7) is 10.4. The van der Waals surface area contributed by atoms with Gasteiger partial charge in [0.1, 0.15) is 0 Å². The molecule has 0 spiro atoms. The number of nitrogens with one attached hydrogen (secondary N) is 1. The third-order valence-electron chi connectivity index (χ3n) is 6.23. The van der Waals surface area contributed by atoms with Gasteiger partial charge in [-0.25, -0.2) is 0 Å². The van der Waals surface area contributed by atoms with E-state index in [9.17, 15) is 0 Å². The second-order valence-electron chi connectivity index (χ2n) is 8.02. The fourth-order valence-electron chi connectivity index (χ4n) is 4.60. The largest absolute Gasteiger partial charge is 0.379 e. The van der Waals surface area contributed by atoms with E-state index in [2.05, 4.69) is 57.7 Å². The first-order valence-corrected chi connectivity index (χ1v) is 10.9. The first kappa shape index (κ1) is 20.3. The molecule has 2 aromatic heterocycles. The molecule has 0 aromatic carbocycles. The molecule has 2 aliphatic heterocycles. The molecule has 0 saturated carbocycles. The van der Waals surface area contributed by atoms with Gasteiger partial charge in [-0.15, -0.1) is 0 Å². The molecule has 0 bridgehead atoms. The van der Waals surface area contributed by atoms with E-state index in [-0.39, 0.29) is 12.1 Å². The molecule has 2 unspecified atom stereocenters. The number of likely N-dealkylation sites (N-methyl/N-ethyl adjacent to an activating group) is 1. The lowest BCUT2D eigenvalue weighted by Crippen LogP contribution is -2.37. The number of aryl methyl sites for hydroxylation is 1. The lowest BCUT2D eigenvalue weighted by atomic mass is 9.97. The van der Waals surface area contributed by atoms with Crippen molar-refractivity contribution >= 4 is 17.3 Å². The molecular formula is C22H31N5OS. The molecule has 0 aliphatic carbocycles. The average molecular weight is 414 g/mol. The highest BCUT2D eigenvalue weighted by Crippen LogP contribution is 2.39. The molecule has 2 fully saturated rings.